The lowest BCUT2D eigenvalue weighted by atomic mass is 10.0. The number of benzene rings is 1. The molecule has 2 N–H and O–H groups in total. The zero-order valence-corrected chi connectivity index (χ0v) is 15.1. The molecule has 0 spiro atoms. The van der Waals surface area contributed by atoms with Crippen molar-refractivity contribution in [1.29, 1.82) is 0 Å². The Labute approximate surface area is 149 Å². The summed E-state index contributed by atoms with van der Waals surface area (Å²) in [5.41, 5.74) is 3.30. The molecular formula is C20H26N4O. The van der Waals surface area contributed by atoms with Gasteiger partial charge in [-0.1, -0.05) is 24.3 Å². The fourth-order valence-electron chi connectivity index (χ4n) is 2.75. The molecule has 0 bridgehead atoms. The normalized spacial score (nSPS) is 15.0. The lowest BCUT2D eigenvalue weighted by Crippen LogP contribution is -2.35. The summed E-state index contributed by atoms with van der Waals surface area (Å²) in [5, 5.41) is 6.28. The number of amides is 1. The SMILES string of the molecule is CC(C)Nc1ncc(-c2ccc(CC(C)NC(=O)C3CC3)cc2)cn1. The van der Waals surface area contributed by atoms with E-state index in [1.54, 1.807) is 0 Å². The van der Waals surface area contributed by atoms with Gasteiger partial charge in [0.05, 0.1) is 0 Å². The zero-order valence-electron chi connectivity index (χ0n) is 15.1. The van der Waals surface area contributed by atoms with Gasteiger partial charge < -0.3 is 10.6 Å². The molecule has 1 aromatic carbocycles. The van der Waals surface area contributed by atoms with E-state index in [9.17, 15) is 4.79 Å². The minimum atomic E-state index is 0.156. The summed E-state index contributed by atoms with van der Waals surface area (Å²) in [7, 11) is 0. The molecule has 1 atom stereocenters. The second-order valence-corrected chi connectivity index (χ2v) is 7.18. The second kappa shape index (κ2) is 7.64. The first-order valence-corrected chi connectivity index (χ1v) is 8.99. The molecule has 3 rings (SSSR count). The van der Waals surface area contributed by atoms with Gasteiger partial charge in [-0.3, -0.25) is 4.79 Å². The van der Waals surface area contributed by atoms with Crippen LogP contribution in [0.2, 0.25) is 0 Å². The number of aromatic nitrogens is 2. The van der Waals surface area contributed by atoms with Gasteiger partial charge in [0.1, 0.15) is 0 Å². The fourth-order valence-corrected chi connectivity index (χ4v) is 2.75. The van der Waals surface area contributed by atoms with Gasteiger partial charge >= 0.3 is 0 Å². The third-order valence-corrected chi connectivity index (χ3v) is 4.24. The number of hydrogen-bond acceptors (Lipinski definition) is 4. The van der Waals surface area contributed by atoms with E-state index in [1.165, 1.54) is 5.56 Å². The Bertz CT molecular complexity index is 705. The number of carbonyl (C=O) groups is 1. The van der Waals surface area contributed by atoms with Crippen molar-refractivity contribution in [3.63, 3.8) is 0 Å². The summed E-state index contributed by atoms with van der Waals surface area (Å²) in [5.74, 6) is 1.12. The number of rotatable bonds is 7. The first-order chi connectivity index (χ1) is 12.0. The van der Waals surface area contributed by atoms with Gasteiger partial charge in [-0.15, -0.1) is 0 Å². The molecule has 5 heteroatoms. The maximum atomic E-state index is 11.8. The van der Waals surface area contributed by atoms with Crippen LogP contribution in [0.3, 0.4) is 0 Å². The van der Waals surface area contributed by atoms with Gasteiger partial charge in [0.2, 0.25) is 11.9 Å². The number of hydrogen-bond donors (Lipinski definition) is 2. The highest BCUT2D eigenvalue weighted by molar-refractivity contribution is 5.81. The Balaban J connectivity index is 1.58. The lowest BCUT2D eigenvalue weighted by molar-refractivity contribution is -0.122. The number of anilines is 1. The highest BCUT2D eigenvalue weighted by Gasteiger charge is 2.30. The summed E-state index contributed by atoms with van der Waals surface area (Å²) >= 11 is 0. The van der Waals surface area contributed by atoms with Crippen molar-refractivity contribution in [2.75, 3.05) is 5.32 Å². The van der Waals surface area contributed by atoms with Crippen LogP contribution >= 0.6 is 0 Å². The molecule has 132 valence electrons. The molecule has 0 radical (unpaired) electrons. The van der Waals surface area contributed by atoms with Crippen molar-refractivity contribution >= 4 is 11.9 Å². The molecule has 1 saturated carbocycles. The van der Waals surface area contributed by atoms with Crippen LogP contribution in [-0.4, -0.2) is 28.0 Å². The van der Waals surface area contributed by atoms with Crippen molar-refractivity contribution in [2.45, 2.75) is 52.1 Å². The maximum absolute atomic E-state index is 11.8. The van der Waals surface area contributed by atoms with Crippen molar-refractivity contribution in [2.24, 2.45) is 5.92 Å². The molecule has 1 aliphatic carbocycles. The molecule has 25 heavy (non-hydrogen) atoms. The van der Waals surface area contributed by atoms with Crippen molar-refractivity contribution in [1.82, 2.24) is 15.3 Å². The van der Waals surface area contributed by atoms with Gasteiger partial charge in [-0.05, 0) is 51.2 Å². The third-order valence-electron chi connectivity index (χ3n) is 4.24. The molecule has 1 amide bonds. The Morgan fingerprint density at radius 1 is 1.08 bits per heavy atom. The summed E-state index contributed by atoms with van der Waals surface area (Å²) < 4.78 is 0. The monoisotopic (exact) mass is 338 g/mol. The molecule has 1 unspecified atom stereocenters. The predicted octanol–water partition coefficient (Wildman–Crippen LogP) is 3.42. The van der Waals surface area contributed by atoms with Gasteiger partial charge in [0.15, 0.2) is 0 Å². The quantitative estimate of drug-likeness (QED) is 0.812. The molecule has 2 aromatic rings. The van der Waals surface area contributed by atoms with Crippen LogP contribution < -0.4 is 10.6 Å². The summed E-state index contributed by atoms with van der Waals surface area (Å²) in [4.78, 5) is 20.5. The first-order valence-electron chi connectivity index (χ1n) is 8.99. The molecular weight excluding hydrogens is 312 g/mol. The van der Waals surface area contributed by atoms with E-state index in [2.05, 4.69) is 65.6 Å². The Morgan fingerprint density at radius 3 is 2.28 bits per heavy atom. The third kappa shape index (κ3) is 5.02. The average molecular weight is 338 g/mol. The van der Waals surface area contributed by atoms with Crippen molar-refractivity contribution < 1.29 is 4.79 Å². The topological polar surface area (TPSA) is 66.9 Å². The first kappa shape index (κ1) is 17.4. The van der Waals surface area contributed by atoms with E-state index in [0.717, 1.165) is 30.4 Å². The van der Waals surface area contributed by atoms with Crippen LogP contribution in [-0.2, 0) is 11.2 Å². The van der Waals surface area contributed by atoms with Crippen LogP contribution in [0, 0.1) is 5.92 Å². The Kier molecular flexibility index (Phi) is 5.31. The molecule has 1 aliphatic rings. The van der Waals surface area contributed by atoms with Gasteiger partial charge in [-0.2, -0.15) is 0 Å². The minimum Gasteiger partial charge on any atom is -0.353 e. The van der Waals surface area contributed by atoms with E-state index < -0.39 is 0 Å². The number of nitrogens with one attached hydrogen (secondary N) is 2. The zero-order chi connectivity index (χ0) is 17.8. The molecule has 0 aliphatic heterocycles. The Morgan fingerprint density at radius 2 is 1.72 bits per heavy atom. The van der Waals surface area contributed by atoms with E-state index >= 15 is 0 Å². The van der Waals surface area contributed by atoms with Gasteiger partial charge in [0, 0.05) is 36.0 Å². The van der Waals surface area contributed by atoms with Crippen LogP contribution in [0.1, 0.15) is 39.2 Å². The van der Waals surface area contributed by atoms with E-state index in [-0.39, 0.29) is 17.9 Å². The second-order valence-electron chi connectivity index (χ2n) is 7.18. The van der Waals surface area contributed by atoms with Crippen LogP contribution in [0.15, 0.2) is 36.7 Å². The largest absolute Gasteiger partial charge is 0.353 e. The summed E-state index contributed by atoms with van der Waals surface area (Å²) in [6, 6.07) is 8.85. The number of nitrogens with zero attached hydrogens (tertiary/aromatic N) is 2. The minimum absolute atomic E-state index is 0.156. The standard InChI is InChI=1S/C20H26N4O/c1-13(2)23-20-21-11-18(12-22-20)16-6-4-15(5-7-16)10-14(3)24-19(25)17-8-9-17/h4-7,11-14,17H,8-10H2,1-3H3,(H,24,25)(H,21,22,23). The van der Waals surface area contributed by atoms with Crippen LogP contribution in [0.25, 0.3) is 11.1 Å². The summed E-state index contributed by atoms with van der Waals surface area (Å²) in [6.07, 6.45) is 6.60. The smallest absolute Gasteiger partial charge is 0.223 e. The molecule has 1 fully saturated rings. The van der Waals surface area contributed by atoms with E-state index in [1.807, 2.05) is 12.4 Å². The lowest BCUT2D eigenvalue weighted by Gasteiger charge is -2.14. The predicted molar refractivity (Wildman–Crippen MR) is 100 cm³/mol. The van der Waals surface area contributed by atoms with Gasteiger partial charge in [0.25, 0.3) is 0 Å². The van der Waals surface area contributed by atoms with Gasteiger partial charge in [-0.25, -0.2) is 9.97 Å². The number of carbonyl (C=O) groups excluding carboxylic acids is 1. The van der Waals surface area contributed by atoms with E-state index in [0.29, 0.717) is 12.0 Å². The maximum Gasteiger partial charge on any atom is 0.223 e. The van der Waals surface area contributed by atoms with Crippen LogP contribution in [0.5, 0.6) is 0 Å². The molecule has 1 heterocycles. The molecule has 0 saturated heterocycles. The average Bonchev–Trinajstić information content (AvgIpc) is 3.41. The van der Waals surface area contributed by atoms with Crippen LogP contribution in [0.4, 0.5) is 5.95 Å². The fraction of sp³-hybridized carbons (Fsp3) is 0.450. The molecule has 5 nitrogen and oxygen atoms in total. The van der Waals surface area contributed by atoms with E-state index in [4.69, 9.17) is 0 Å². The molecule has 1 aromatic heterocycles. The summed E-state index contributed by atoms with van der Waals surface area (Å²) in [6.45, 7) is 6.18. The highest BCUT2D eigenvalue weighted by atomic mass is 16.2. The Hall–Kier alpha value is -2.43. The highest BCUT2D eigenvalue weighted by Crippen LogP contribution is 2.29. The van der Waals surface area contributed by atoms with Crippen molar-refractivity contribution in [3.05, 3.63) is 42.2 Å². The van der Waals surface area contributed by atoms with Crippen molar-refractivity contribution in [3.8, 4) is 11.1 Å².